The molecule has 0 aliphatic carbocycles. The van der Waals surface area contributed by atoms with Crippen molar-refractivity contribution >= 4 is 0 Å². The lowest BCUT2D eigenvalue weighted by molar-refractivity contribution is -0.0462. The molecule has 0 spiro atoms. The predicted molar refractivity (Wildman–Crippen MR) is 66.1 cm³/mol. The van der Waals surface area contributed by atoms with Crippen LogP contribution in [-0.2, 0) is 15.9 Å². The Morgan fingerprint density at radius 1 is 1.35 bits per heavy atom. The van der Waals surface area contributed by atoms with Crippen LogP contribution in [0, 0.1) is 0 Å². The molecular formula is C14H19NO2. The number of rotatable bonds is 3. The van der Waals surface area contributed by atoms with Gasteiger partial charge in [-0.2, -0.15) is 0 Å². The van der Waals surface area contributed by atoms with Crippen LogP contribution in [0.1, 0.15) is 23.7 Å². The van der Waals surface area contributed by atoms with Gasteiger partial charge < -0.3 is 14.8 Å². The van der Waals surface area contributed by atoms with E-state index in [1.54, 1.807) is 0 Å². The molecule has 2 aliphatic rings. The Balaban J connectivity index is 1.64. The first-order chi connectivity index (χ1) is 8.43. The van der Waals surface area contributed by atoms with Gasteiger partial charge >= 0.3 is 0 Å². The van der Waals surface area contributed by atoms with E-state index in [0.717, 1.165) is 32.5 Å². The predicted octanol–water partition coefficient (Wildman–Crippen LogP) is 1.68. The van der Waals surface area contributed by atoms with Crippen LogP contribution in [0.15, 0.2) is 24.3 Å². The number of benzene rings is 1. The van der Waals surface area contributed by atoms with E-state index >= 15 is 0 Å². The average molecular weight is 233 g/mol. The maximum absolute atomic E-state index is 5.91. The molecule has 2 atom stereocenters. The molecule has 3 nitrogen and oxygen atoms in total. The summed E-state index contributed by atoms with van der Waals surface area (Å²) in [6, 6.07) is 8.54. The lowest BCUT2D eigenvalue weighted by Gasteiger charge is -2.26. The van der Waals surface area contributed by atoms with Crippen LogP contribution in [0.2, 0.25) is 0 Å². The number of fused-ring (bicyclic) bond motifs is 1. The van der Waals surface area contributed by atoms with Crippen LogP contribution in [0.5, 0.6) is 0 Å². The maximum atomic E-state index is 5.91. The van der Waals surface area contributed by atoms with Crippen molar-refractivity contribution in [2.24, 2.45) is 0 Å². The van der Waals surface area contributed by atoms with Crippen LogP contribution in [0.25, 0.3) is 0 Å². The van der Waals surface area contributed by atoms with E-state index in [2.05, 4.69) is 29.6 Å². The number of hydrogen-bond donors (Lipinski definition) is 1. The molecule has 2 heterocycles. The van der Waals surface area contributed by atoms with Gasteiger partial charge in [0.1, 0.15) is 6.10 Å². The van der Waals surface area contributed by atoms with Crippen LogP contribution in [-0.4, -0.2) is 32.4 Å². The summed E-state index contributed by atoms with van der Waals surface area (Å²) >= 11 is 0. The van der Waals surface area contributed by atoms with Gasteiger partial charge in [0.25, 0.3) is 0 Å². The molecule has 17 heavy (non-hydrogen) atoms. The van der Waals surface area contributed by atoms with Crippen molar-refractivity contribution in [3.63, 3.8) is 0 Å². The van der Waals surface area contributed by atoms with E-state index in [9.17, 15) is 0 Å². The van der Waals surface area contributed by atoms with Gasteiger partial charge in [0.05, 0.1) is 19.3 Å². The number of ether oxygens (including phenoxy) is 2. The van der Waals surface area contributed by atoms with Gasteiger partial charge in [-0.3, -0.25) is 0 Å². The topological polar surface area (TPSA) is 30.5 Å². The second-order valence-corrected chi connectivity index (χ2v) is 4.76. The molecule has 1 N–H and O–H groups in total. The van der Waals surface area contributed by atoms with E-state index in [1.165, 1.54) is 11.1 Å². The minimum Gasteiger partial charge on any atom is -0.374 e. The fraction of sp³-hybridized carbons (Fsp3) is 0.571. The minimum atomic E-state index is 0.126. The molecule has 0 radical (unpaired) electrons. The summed E-state index contributed by atoms with van der Waals surface area (Å²) in [5.41, 5.74) is 2.72. The molecule has 0 saturated carbocycles. The zero-order chi connectivity index (χ0) is 11.5. The van der Waals surface area contributed by atoms with Crippen molar-refractivity contribution < 1.29 is 9.47 Å². The maximum Gasteiger partial charge on any atom is 0.106 e. The SMILES string of the molecule is c1ccc2c(c1)CCOC2COC1CCNC1. The smallest absolute Gasteiger partial charge is 0.106 e. The summed E-state index contributed by atoms with van der Waals surface area (Å²) < 4.78 is 11.7. The third-order valence-electron chi connectivity index (χ3n) is 3.59. The molecule has 0 amide bonds. The number of nitrogens with one attached hydrogen (secondary N) is 1. The van der Waals surface area contributed by atoms with Crippen LogP contribution in [0.3, 0.4) is 0 Å². The van der Waals surface area contributed by atoms with Gasteiger partial charge in [0.15, 0.2) is 0 Å². The van der Waals surface area contributed by atoms with E-state index in [0.29, 0.717) is 12.7 Å². The quantitative estimate of drug-likeness (QED) is 0.861. The van der Waals surface area contributed by atoms with Crippen molar-refractivity contribution in [3.05, 3.63) is 35.4 Å². The number of hydrogen-bond acceptors (Lipinski definition) is 3. The molecule has 0 aromatic heterocycles. The highest BCUT2D eigenvalue weighted by atomic mass is 16.5. The molecule has 1 fully saturated rings. The monoisotopic (exact) mass is 233 g/mol. The third kappa shape index (κ3) is 2.51. The Hall–Kier alpha value is -0.900. The van der Waals surface area contributed by atoms with Crippen LogP contribution < -0.4 is 5.32 Å². The summed E-state index contributed by atoms with van der Waals surface area (Å²) in [4.78, 5) is 0. The first-order valence-electron chi connectivity index (χ1n) is 6.45. The molecule has 92 valence electrons. The van der Waals surface area contributed by atoms with Crippen LogP contribution >= 0.6 is 0 Å². The average Bonchev–Trinajstić information content (AvgIpc) is 2.89. The van der Waals surface area contributed by atoms with E-state index in [-0.39, 0.29) is 6.10 Å². The lowest BCUT2D eigenvalue weighted by Crippen LogP contribution is -2.24. The Labute approximate surface area is 102 Å². The van der Waals surface area contributed by atoms with Crippen molar-refractivity contribution in [3.8, 4) is 0 Å². The van der Waals surface area contributed by atoms with Crippen molar-refractivity contribution in [2.75, 3.05) is 26.3 Å². The van der Waals surface area contributed by atoms with Gasteiger partial charge in [0.2, 0.25) is 0 Å². The van der Waals surface area contributed by atoms with Gasteiger partial charge in [-0.25, -0.2) is 0 Å². The summed E-state index contributed by atoms with van der Waals surface area (Å²) in [5, 5.41) is 3.31. The molecule has 1 aromatic rings. The van der Waals surface area contributed by atoms with Crippen molar-refractivity contribution in [1.29, 1.82) is 0 Å². The van der Waals surface area contributed by atoms with Gasteiger partial charge in [-0.05, 0) is 30.5 Å². The Bertz CT molecular complexity index is 374. The molecule has 1 saturated heterocycles. The van der Waals surface area contributed by atoms with Crippen molar-refractivity contribution in [2.45, 2.75) is 25.0 Å². The van der Waals surface area contributed by atoms with E-state index in [4.69, 9.17) is 9.47 Å². The highest BCUT2D eigenvalue weighted by Gasteiger charge is 2.23. The molecule has 0 bridgehead atoms. The summed E-state index contributed by atoms with van der Waals surface area (Å²) in [5.74, 6) is 0. The fourth-order valence-corrected chi connectivity index (χ4v) is 2.61. The normalized spacial score (nSPS) is 28.0. The molecule has 1 aromatic carbocycles. The third-order valence-corrected chi connectivity index (χ3v) is 3.59. The Morgan fingerprint density at radius 2 is 2.29 bits per heavy atom. The molecule has 2 unspecified atom stereocenters. The highest BCUT2D eigenvalue weighted by Crippen LogP contribution is 2.27. The van der Waals surface area contributed by atoms with Crippen molar-refractivity contribution in [1.82, 2.24) is 5.32 Å². The largest absolute Gasteiger partial charge is 0.374 e. The molecule has 3 rings (SSSR count). The second kappa shape index (κ2) is 5.17. The van der Waals surface area contributed by atoms with E-state index in [1.807, 2.05) is 0 Å². The standard InChI is InChI=1S/C14H19NO2/c1-2-4-13-11(3-1)6-8-16-14(13)10-17-12-5-7-15-9-12/h1-4,12,14-15H,5-10H2. The highest BCUT2D eigenvalue weighted by molar-refractivity contribution is 5.30. The van der Waals surface area contributed by atoms with Gasteiger partial charge in [-0.15, -0.1) is 0 Å². The zero-order valence-corrected chi connectivity index (χ0v) is 10.0. The lowest BCUT2D eigenvalue weighted by atomic mass is 9.98. The fourth-order valence-electron chi connectivity index (χ4n) is 2.61. The summed E-state index contributed by atoms with van der Waals surface area (Å²) in [6.45, 7) is 3.55. The summed E-state index contributed by atoms with van der Waals surface area (Å²) in [7, 11) is 0. The van der Waals surface area contributed by atoms with Crippen LogP contribution in [0.4, 0.5) is 0 Å². The molecular weight excluding hydrogens is 214 g/mol. The molecule has 3 heteroatoms. The Morgan fingerprint density at radius 3 is 3.18 bits per heavy atom. The van der Waals surface area contributed by atoms with E-state index < -0.39 is 0 Å². The molecule has 2 aliphatic heterocycles. The zero-order valence-electron chi connectivity index (χ0n) is 10.0. The Kier molecular flexibility index (Phi) is 3.41. The van der Waals surface area contributed by atoms with Gasteiger partial charge in [0, 0.05) is 6.54 Å². The summed E-state index contributed by atoms with van der Waals surface area (Å²) in [6.07, 6.45) is 2.64. The minimum absolute atomic E-state index is 0.126. The first kappa shape index (κ1) is 11.2. The second-order valence-electron chi connectivity index (χ2n) is 4.76. The first-order valence-corrected chi connectivity index (χ1v) is 6.45. The van der Waals surface area contributed by atoms with Gasteiger partial charge in [-0.1, -0.05) is 24.3 Å².